The highest BCUT2D eigenvalue weighted by Gasteiger charge is 2.34. The zero-order chi connectivity index (χ0) is 32.2. The molecule has 0 aromatic heterocycles. The molecule has 2 amide bonds. The van der Waals surface area contributed by atoms with Gasteiger partial charge in [-0.3, -0.25) is 13.9 Å². The second-order valence-electron chi connectivity index (χ2n) is 10.5. The Morgan fingerprint density at radius 3 is 2.18 bits per heavy atom. The zero-order valence-electron chi connectivity index (χ0n) is 25.4. The lowest BCUT2D eigenvalue weighted by Crippen LogP contribution is -2.53. The number of carbonyl (C=O) groups is 2. The molecule has 0 radical (unpaired) electrons. The quantitative estimate of drug-likeness (QED) is 0.150. The number of sulfonamides is 1. The van der Waals surface area contributed by atoms with Crippen LogP contribution in [0.1, 0.15) is 30.9 Å². The number of amides is 2. The molecule has 45 heavy (non-hydrogen) atoms. The molecule has 0 heterocycles. The summed E-state index contributed by atoms with van der Waals surface area (Å²) in [6.45, 7) is 2.08. The number of hydrogen-bond donors (Lipinski definition) is 1. The lowest BCUT2D eigenvalue weighted by atomic mass is 10.0. The maximum absolute atomic E-state index is 14.5. The summed E-state index contributed by atoms with van der Waals surface area (Å²) < 4.78 is 35.5. The van der Waals surface area contributed by atoms with Gasteiger partial charge < -0.3 is 15.0 Å². The summed E-state index contributed by atoms with van der Waals surface area (Å²) in [5, 5.41) is 3.00. The average Bonchev–Trinajstić information content (AvgIpc) is 3.06. The zero-order valence-corrected chi connectivity index (χ0v) is 27.8. The molecule has 0 aliphatic carbocycles. The van der Waals surface area contributed by atoms with E-state index in [0.29, 0.717) is 12.3 Å². The number of nitrogens with one attached hydrogen (secondary N) is 1. The molecular formula is C35H38BrN3O5S. The summed E-state index contributed by atoms with van der Waals surface area (Å²) in [4.78, 5) is 29.8. The summed E-state index contributed by atoms with van der Waals surface area (Å²) in [5.41, 5.74) is 1.94. The Kier molecular flexibility index (Phi) is 12.2. The van der Waals surface area contributed by atoms with Crippen molar-refractivity contribution in [3.05, 3.63) is 125 Å². The Labute approximate surface area is 274 Å². The Morgan fingerprint density at radius 1 is 0.867 bits per heavy atom. The van der Waals surface area contributed by atoms with Crippen molar-refractivity contribution < 1.29 is 22.7 Å². The van der Waals surface area contributed by atoms with Gasteiger partial charge in [0.1, 0.15) is 18.3 Å². The van der Waals surface area contributed by atoms with Gasteiger partial charge in [-0.1, -0.05) is 96.0 Å². The number of rotatable bonds is 15. The van der Waals surface area contributed by atoms with Gasteiger partial charge in [-0.25, -0.2) is 8.42 Å². The van der Waals surface area contributed by atoms with Crippen LogP contribution in [-0.4, -0.2) is 51.4 Å². The molecule has 1 atom stereocenters. The Morgan fingerprint density at radius 2 is 1.53 bits per heavy atom. The van der Waals surface area contributed by atoms with Crippen molar-refractivity contribution in [1.29, 1.82) is 0 Å². The SMILES string of the molecule is CCCCNC(=O)[C@H](Cc1ccccc1)N(Cc1ccc(Br)cc1)C(=O)CN(c1cccc(OC)c1)S(=O)(=O)c1ccccc1. The van der Waals surface area contributed by atoms with Gasteiger partial charge in [-0.05, 0) is 53.9 Å². The van der Waals surface area contributed by atoms with Gasteiger partial charge in [0.15, 0.2) is 0 Å². The van der Waals surface area contributed by atoms with Crippen molar-refractivity contribution >= 4 is 43.5 Å². The van der Waals surface area contributed by atoms with Crippen LogP contribution in [0.15, 0.2) is 119 Å². The van der Waals surface area contributed by atoms with Gasteiger partial charge in [-0.2, -0.15) is 0 Å². The van der Waals surface area contributed by atoms with Crippen LogP contribution in [-0.2, 0) is 32.6 Å². The van der Waals surface area contributed by atoms with E-state index in [9.17, 15) is 18.0 Å². The second-order valence-corrected chi connectivity index (χ2v) is 13.3. The molecule has 4 aromatic rings. The molecule has 236 valence electrons. The number of benzene rings is 4. The summed E-state index contributed by atoms with van der Waals surface area (Å²) in [6.07, 6.45) is 1.95. The van der Waals surface area contributed by atoms with Crippen LogP contribution >= 0.6 is 15.9 Å². The first-order chi connectivity index (χ1) is 21.7. The third-order valence-electron chi connectivity index (χ3n) is 7.32. The number of anilines is 1. The Bertz CT molecular complexity index is 1650. The van der Waals surface area contributed by atoms with E-state index < -0.39 is 28.5 Å². The molecule has 0 bridgehead atoms. The van der Waals surface area contributed by atoms with E-state index in [1.807, 2.05) is 61.5 Å². The second kappa shape index (κ2) is 16.2. The molecule has 4 aromatic carbocycles. The number of hydrogen-bond acceptors (Lipinski definition) is 5. The smallest absolute Gasteiger partial charge is 0.264 e. The summed E-state index contributed by atoms with van der Waals surface area (Å²) in [5.74, 6) is -0.374. The van der Waals surface area contributed by atoms with Crippen molar-refractivity contribution in [2.75, 3.05) is 24.5 Å². The fourth-order valence-corrected chi connectivity index (χ4v) is 6.55. The highest BCUT2D eigenvalue weighted by atomic mass is 79.9. The van der Waals surface area contributed by atoms with Gasteiger partial charge in [0, 0.05) is 30.0 Å². The normalized spacial score (nSPS) is 11.8. The average molecular weight is 693 g/mol. The van der Waals surface area contributed by atoms with Crippen LogP contribution in [0.25, 0.3) is 0 Å². The predicted octanol–water partition coefficient (Wildman–Crippen LogP) is 6.21. The van der Waals surface area contributed by atoms with Gasteiger partial charge in [0.05, 0.1) is 17.7 Å². The number of carbonyl (C=O) groups excluding carboxylic acids is 2. The Hall–Kier alpha value is -4.15. The Balaban J connectivity index is 1.79. The number of unbranched alkanes of at least 4 members (excludes halogenated alkanes) is 1. The van der Waals surface area contributed by atoms with E-state index in [1.54, 1.807) is 42.5 Å². The number of ether oxygens (including phenoxy) is 1. The lowest BCUT2D eigenvalue weighted by Gasteiger charge is -2.34. The largest absolute Gasteiger partial charge is 0.497 e. The molecule has 0 fully saturated rings. The first kappa shape index (κ1) is 33.7. The highest BCUT2D eigenvalue weighted by molar-refractivity contribution is 9.10. The van der Waals surface area contributed by atoms with E-state index >= 15 is 0 Å². The minimum absolute atomic E-state index is 0.0400. The highest BCUT2D eigenvalue weighted by Crippen LogP contribution is 2.28. The number of methoxy groups -OCH3 is 1. The minimum atomic E-state index is -4.19. The topological polar surface area (TPSA) is 96.0 Å². The van der Waals surface area contributed by atoms with Crippen LogP contribution in [0.4, 0.5) is 5.69 Å². The van der Waals surface area contributed by atoms with Crippen molar-refractivity contribution in [3.63, 3.8) is 0 Å². The van der Waals surface area contributed by atoms with Crippen molar-refractivity contribution in [3.8, 4) is 5.75 Å². The molecule has 0 aliphatic heterocycles. The molecule has 0 spiro atoms. The lowest BCUT2D eigenvalue weighted by molar-refractivity contribution is -0.140. The van der Waals surface area contributed by atoms with Gasteiger partial charge in [-0.15, -0.1) is 0 Å². The van der Waals surface area contributed by atoms with Crippen molar-refractivity contribution in [2.45, 2.75) is 43.7 Å². The predicted molar refractivity (Wildman–Crippen MR) is 181 cm³/mol. The monoisotopic (exact) mass is 691 g/mol. The molecule has 0 unspecified atom stereocenters. The molecular weight excluding hydrogens is 654 g/mol. The van der Waals surface area contributed by atoms with E-state index in [4.69, 9.17) is 4.74 Å². The molecule has 10 heteroatoms. The summed E-state index contributed by atoms with van der Waals surface area (Å²) in [7, 11) is -2.69. The first-order valence-electron chi connectivity index (χ1n) is 14.8. The van der Waals surface area contributed by atoms with E-state index in [2.05, 4.69) is 21.2 Å². The summed E-state index contributed by atoms with van der Waals surface area (Å²) in [6, 6.07) is 30.6. The summed E-state index contributed by atoms with van der Waals surface area (Å²) >= 11 is 3.46. The molecule has 0 saturated carbocycles. The molecule has 1 N–H and O–H groups in total. The molecule has 0 saturated heterocycles. The molecule has 8 nitrogen and oxygen atoms in total. The third-order valence-corrected chi connectivity index (χ3v) is 9.63. The fraction of sp³-hybridized carbons (Fsp3) is 0.257. The fourth-order valence-electron chi connectivity index (χ4n) is 4.86. The van der Waals surface area contributed by atoms with E-state index in [0.717, 1.165) is 32.7 Å². The van der Waals surface area contributed by atoms with E-state index in [1.165, 1.54) is 24.1 Å². The van der Waals surface area contributed by atoms with Gasteiger partial charge in [0.2, 0.25) is 11.8 Å². The first-order valence-corrected chi connectivity index (χ1v) is 17.0. The van der Waals surface area contributed by atoms with Crippen molar-refractivity contribution in [1.82, 2.24) is 10.2 Å². The van der Waals surface area contributed by atoms with Crippen LogP contribution in [0.3, 0.4) is 0 Å². The van der Waals surface area contributed by atoms with Crippen LogP contribution in [0, 0.1) is 0 Å². The van der Waals surface area contributed by atoms with Crippen LogP contribution in [0.2, 0.25) is 0 Å². The molecule has 0 aliphatic rings. The van der Waals surface area contributed by atoms with Crippen molar-refractivity contribution in [2.24, 2.45) is 0 Å². The van der Waals surface area contributed by atoms with Crippen LogP contribution < -0.4 is 14.4 Å². The third kappa shape index (κ3) is 9.18. The van der Waals surface area contributed by atoms with Crippen LogP contribution in [0.5, 0.6) is 5.75 Å². The van der Waals surface area contributed by atoms with Gasteiger partial charge >= 0.3 is 0 Å². The number of halogens is 1. The van der Waals surface area contributed by atoms with Gasteiger partial charge in [0.25, 0.3) is 10.0 Å². The maximum Gasteiger partial charge on any atom is 0.264 e. The minimum Gasteiger partial charge on any atom is -0.497 e. The number of nitrogens with zero attached hydrogens (tertiary/aromatic N) is 2. The standard InChI is InChI=1S/C35H38BrN3O5S/c1-3-4-22-37-35(41)33(23-27-12-7-5-8-13-27)38(25-28-18-20-29(36)21-19-28)34(40)26-39(30-14-11-15-31(24-30)44-2)45(42,43)32-16-9-6-10-17-32/h5-21,24,33H,3-4,22-23,25-26H2,1-2H3,(H,37,41)/t33-/m0/s1. The van der Waals surface area contributed by atoms with E-state index in [-0.39, 0.29) is 29.5 Å². The maximum atomic E-state index is 14.5. The molecule has 4 rings (SSSR count).